The van der Waals surface area contributed by atoms with Gasteiger partial charge in [-0.05, 0) is 24.0 Å². The molecule has 0 heterocycles. The van der Waals surface area contributed by atoms with E-state index in [1.807, 2.05) is 0 Å². The maximum Gasteiger partial charge on any atom is 0.335 e. The molecule has 0 aliphatic heterocycles. The van der Waals surface area contributed by atoms with Crippen molar-refractivity contribution in [3.8, 4) is 0 Å². The Morgan fingerprint density at radius 2 is 1.86 bits per heavy atom. The van der Waals surface area contributed by atoms with E-state index in [1.54, 1.807) is 18.2 Å². The van der Waals surface area contributed by atoms with Gasteiger partial charge in [-0.3, -0.25) is 4.79 Å². The van der Waals surface area contributed by atoms with Gasteiger partial charge in [-0.1, -0.05) is 56.7 Å². The molecule has 2 rings (SSSR count). The fraction of sp³-hybridized carbons (Fsp3) is 0.556. The minimum Gasteiger partial charge on any atom is -0.478 e. The first-order valence-electron chi connectivity index (χ1n) is 8.24. The second-order valence-electron chi connectivity index (χ2n) is 6.14. The van der Waals surface area contributed by atoms with Crippen LogP contribution < -0.4 is 5.32 Å². The summed E-state index contributed by atoms with van der Waals surface area (Å²) in [6, 6.07) is 6.67. The third-order valence-corrected chi connectivity index (χ3v) is 4.43. The van der Waals surface area contributed by atoms with Crippen LogP contribution in [0.25, 0.3) is 0 Å². The summed E-state index contributed by atoms with van der Waals surface area (Å²) >= 11 is 0. The van der Waals surface area contributed by atoms with Gasteiger partial charge in [0, 0.05) is 6.54 Å². The van der Waals surface area contributed by atoms with E-state index >= 15 is 0 Å². The molecule has 0 spiro atoms. The highest BCUT2D eigenvalue weighted by molar-refractivity contribution is 5.91. The number of carbonyl (C=O) groups is 2. The number of hydrogen-bond acceptors (Lipinski definition) is 2. The lowest BCUT2D eigenvalue weighted by Gasteiger charge is -2.09. The van der Waals surface area contributed by atoms with Crippen LogP contribution in [0.5, 0.6) is 0 Å². The fourth-order valence-electron chi connectivity index (χ4n) is 3.20. The Morgan fingerprint density at radius 3 is 2.59 bits per heavy atom. The number of rotatable bonds is 8. The lowest BCUT2D eigenvalue weighted by atomic mass is 10.0. The highest BCUT2D eigenvalue weighted by Crippen LogP contribution is 2.28. The van der Waals surface area contributed by atoms with Crippen LogP contribution in [0.2, 0.25) is 0 Å². The zero-order valence-electron chi connectivity index (χ0n) is 13.0. The summed E-state index contributed by atoms with van der Waals surface area (Å²) in [6.07, 6.45) is 9.08. The average Bonchev–Trinajstić information content (AvgIpc) is 3.00. The summed E-state index contributed by atoms with van der Waals surface area (Å²) in [5.41, 5.74) is 0.775. The third-order valence-electron chi connectivity index (χ3n) is 4.43. The van der Waals surface area contributed by atoms with Crippen LogP contribution in [0.1, 0.15) is 60.9 Å². The van der Waals surface area contributed by atoms with Gasteiger partial charge in [0.1, 0.15) is 0 Å². The quantitative estimate of drug-likeness (QED) is 0.723. The second kappa shape index (κ2) is 8.57. The van der Waals surface area contributed by atoms with Crippen molar-refractivity contribution in [2.75, 3.05) is 6.54 Å². The molecule has 1 aliphatic rings. The van der Waals surface area contributed by atoms with Crippen molar-refractivity contribution in [3.05, 3.63) is 35.4 Å². The first-order chi connectivity index (χ1) is 10.7. The first kappa shape index (κ1) is 16.5. The second-order valence-corrected chi connectivity index (χ2v) is 6.14. The Labute approximate surface area is 131 Å². The first-order valence-corrected chi connectivity index (χ1v) is 8.24. The summed E-state index contributed by atoms with van der Waals surface area (Å²) in [5, 5.41) is 12.0. The molecule has 2 N–H and O–H groups in total. The Balaban J connectivity index is 1.66. The number of hydrogen-bond donors (Lipinski definition) is 2. The molecule has 1 amide bonds. The van der Waals surface area contributed by atoms with Gasteiger partial charge in [0.25, 0.3) is 0 Å². The van der Waals surface area contributed by atoms with Crippen LogP contribution in [-0.4, -0.2) is 23.5 Å². The average molecular weight is 303 g/mol. The molecular weight excluding hydrogens is 278 g/mol. The summed E-state index contributed by atoms with van der Waals surface area (Å²) in [6.45, 7) is 0.681. The van der Waals surface area contributed by atoms with E-state index in [4.69, 9.17) is 5.11 Å². The predicted molar refractivity (Wildman–Crippen MR) is 85.9 cm³/mol. The van der Waals surface area contributed by atoms with E-state index in [0.29, 0.717) is 12.1 Å². The Bertz CT molecular complexity index is 507. The Hall–Kier alpha value is -1.84. The summed E-state index contributed by atoms with van der Waals surface area (Å²) in [5.74, 6) is -0.187. The lowest BCUT2D eigenvalue weighted by molar-refractivity contribution is -0.120. The smallest absolute Gasteiger partial charge is 0.335 e. The Morgan fingerprint density at radius 1 is 1.14 bits per heavy atom. The number of aromatic carboxylic acids is 1. The fourth-order valence-corrected chi connectivity index (χ4v) is 3.20. The molecule has 4 heteroatoms. The number of unbranched alkanes of at least 4 members (excludes halogenated alkanes) is 1. The minimum absolute atomic E-state index is 0.102. The summed E-state index contributed by atoms with van der Waals surface area (Å²) < 4.78 is 0. The van der Waals surface area contributed by atoms with Crippen LogP contribution in [0.4, 0.5) is 0 Å². The van der Waals surface area contributed by atoms with Gasteiger partial charge in [-0.25, -0.2) is 4.79 Å². The van der Waals surface area contributed by atoms with Gasteiger partial charge in [-0.15, -0.1) is 0 Å². The van der Waals surface area contributed by atoms with Crippen LogP contribution in [0.15, 0.2) is 24.3 Å². The maximum atomic E-state index is 11.9. The van der Waals surface area contributed by atoms with Crippen molar-refractivity contribution in [1.29, 1.82) is 0 Å². The molecule has 1 fully saturated rings. The maximum absolute atomic E-state index is 11.9. The largest absolute Gasteiger partial charge is 0.478 e. The van der Waals surface area contributed by atoms with Gasteiger partial charge in [-0.2, -0.15) is 0 Å². The van der Waals surface area contributed by atoms with Crippen molar-refractivity contribution in [3.63, 3.8) is 0 Å². The number of benzene rings is 1. The minimum atomic E-state index is -0.986. The lowest BCUT2D eigenvalue weighted by Crippen LogP contribution is -2.26. The molecule has 1 saturated carbocycles. The van der Waals surface area contributed by atoms with E-state index in [0.717, 1.165) is 18.8 Å². The molecule has 1 aromatic carbocycles. The van der Waals surface area contributed by atoms with Crippen LogP contribution in [0, 0.1) is 5.92 Å². The third kappa shape index (κ3) is 5.17. The number of carboxylic acid groups (broad SMARTS) is 1. The molecule has 4 nitrogen and oxygen atoms in total. The molecular formula is C18H25NO3. The summed E-state index contributed by atoms with van der Waals surface area (Å²) in [4.78, 5) is 23.0. The van der Waals surface area contributed by atoms with Gasteiger partial charge in [0.2, 0.25) is 5.91 Å². The van der Waals surface area contributed by atoms with Crippen LogP contribution >= 0.6 is 0 Å². The summed E-state index contributed by atoms with van der Waals surface area (Å²) in [7, 11) is 0. The molecule has 0 atom stereocenters. The SMILES string of the molecule is O=C(Cc1ccccc1C(=O)O)NCCCCC1CCCC1. The van der Waals surface area contributed by atoms with E-state index < -0.39 is 5.97 Å². The van der Waals surface area contributed by atoms with Gasteiger partial charge in [0.05, 0.1) is 12.0 Å². The van der Waals surface area contributed by atoms with Gasteiger partial charge >= 0.3 is 5.97 Å². The molecule has 0 radical (unpaired) electrons. The predicted octanol–water partition coefficient (Wildman–Crippen LogP) is 3.40. The number of carboxylic acids is 1. The molecule has 22 heavy (non-hydrogen) atoms. The van der Waals surface area contributed by atoms with Crippen molar-refractivity contribution in [2.24, 2.45) is 5.92 Å². The van der Waals surface area contributed by atoms with Gasteiger partial charge < -0.3 is 10.4 Å². The van der Waals surface area contributed by atoms with Crippen molar-refractivity contribution in [2.45, 2.75) is 51.4 Å². The number of nitrogens with one attached hydrogen (secondary N) is 1. The monoisotopic (exact) mass is 303 g/mol. The van der Waals surface area contributed by atoms with E-state index in [2.05, 4.69) is 5.32 Å². The number of carbonyl (C=O) groups excluding carboxylic acids is 1. The van der Waals surface area contributed by atoms with E-state index in [9.17, 15) is 9.59 Å². The van der Waals surface area contributed by atoms with E-state index in [1.165, 1.54) is 38.2 Å². The van der Waals surface area contributed by atoms with Gasteiger partial charge in [0.15, 0.2) is 0 Å². The molecule has 0 bridgehead atoms. The molecule has 0 aromatic heterocycles. The van der Waals surface area contributed by atoms with Crippen molar-refractivity contribution in [1.82, 2.24) is 5.32 Å². The zero-order valence-corrected chi connectivity index (χ0v) is 13.0. The molecule has 1 aliphatic carbocycles. The molecule has 0 unspecified atom stereocenters. The molecule has 1 aromatic rings. The number of amides is 1. The molecule has 120 valence electrons. The van der Waals surface area contributed by atoms with Crippen molar-refractivity contribution >= 4 is 11.9 Å². The topological polar surface area (TPSA) is 66.4 Å². The van der Waals surface area contributed by atoms with Crippen molar-refractivity contribution < 1.29 is 14.7 Å². The van der Waals surface area contributed by atoms with Crippen LogP contribution in [-0.2, 0) is 11.2 Å². The standard InChI is InChI=1S/C18H25NO3/c20-17(13-15-10-3-4-11-16(15)18(21)22)19-12-6-5-9-14-7-1-2-8-14/h3-4,10-11,14H,1-2,5-9,12-13H2,(H,19,20)(H,21,22). The Kier molecular flexibility index (Phi) is 6.44. The van der Waals surface area contributed by atoms with E-state index in [-0.39, 0.29) is 17.9 Å². The molecule has 0 saturated heterocycles. The normalized spacial score (nSPS) is 14.9. The van der Waals surface area contributed by atoms with Crippen LogP contribution in [0.3, 0.4) is 0 Å². The zero-order chi connectivity index (χ0) is 15.8. The highest BCUT2D eigenvalue weighted by atomic mass is 16.4. The highest BCUT2D eigenvalue weighted by Gasteiger charge is 2.14.